The third kappa shape index (κ3) is 2.57. The van der Waals surface area contributed by atoms with Crippen molar-refractivity contribution < 1.29 is 9.84 Å². The fourth-order valence-electron chi connectivity index (χ4n) is 2.25. The van der Waals surface area contributed by atoms with Gasteiger partial charge < -0.3 is 14.7 Å². The first-order valence-corrected chi connectivity index (χ1v) is 6.17. The molecule has 0 radical (unpaired) electrons. The maximum atomic E-state index is 9.43. The summed E-state index contributed by atoms with van der Waals surface area (Å²) in [5.74, 6) is 0. The van der Waals surface area contributed by atoms with Crippen LogP contribution in [-0.4, -0.2) is 30.4 Å². The Kier molecular flexibility index (Phi) is 3.61. The van der Waals surface area contributed by atoms with Gasteiger partial charge in [-0.05, 0) is 32.0 Å². The van der Waals surface area contributed by atoms with Gasteiger partial charge in [-0.2, -0.15) is 0 Å². The quantitative estimate of drug-likeness (QED) is 0.881. The summed E-state index contributed by atoms with van der Waals surface area (Å²) < 4.78 is 5.50. The van der Waals surface area contributed by atoms with Crippen molar-refractivity contribution in [3.8, 4) is 0 Å². The number of rotatable bonds is 2. The summed E-state index contributed by atoms with van der Waals surface area (Å²) in [6.07, 6.45) is 0. The predicted molar refractivity (Wildman–Crippen MR) is 69.6 cm³/mol. The summed E-state index contributed by atoms with van der Waals surface area (Å²) in [6, 6.07) is 5.66. The van der Waals surface area contributed by atoms with E-state index in [1.54, 1.807) is 0 Å². The van der Waals surface area contributed by atoms with E-state index in [9.17, 15) is 5.11 Å². The van der Waals surface area contributed by atoms with Crippen molar-refractivity contribution in [3.05, 3.63) is 28.8 Å². The van der Waals surface area contributed by atoms with Gasteiger partial charge >= 0.3 is 0 Å². The molecule has 1 aliphatic heterocycles. The van der Waals surface area contributed by atoms with Gasteiger partial charge in [0.05, 0.1) is 25.4 Å². The zero-order chi connectivity index (χ0) is 12.5. The van der Waals surface area contributed by atoms with E-state index in [2.05, 4.69) is 18.7 Å². The van der Waals surface area contributed by atoms with Gasteiger partial charge in [0, 0.05) is 22.8 Å². The fraction of sp³-hybridized carbons (Fsp3) is 0.538. The Morgan fingerprint density at radius 2 is 2.24 bits per heavy atom. The van der Waals surface area contributed by atoms with E-state index < -0.39 is 0 Å². The molecule has 1 aliphatic rings. The van der Waals surface area contributed by atoms with Crippen LogP contribution in [0.25, 0.3) is 0 Å². The minimum absolute atomic E-state index is 0.00330. The molecule has 0 aliphatic carbocycles. The number of ether oxygens (including phenoxy) is 1. The highest BCUT2D eigenvalue weighted by Gasteiger charge is 2.31. The van der Waals surface area contributed by atoms with E-state index in [0.717, 1.165) is 24.4 Å². The van der Waals surface area contributed by atoms with Gasteiger partial charge in [-0.15, -0.1) is 0 Å². The lowest BCUT2D eigenvalue weighted by Crippen LogP contribution is -2.53. The normalized spacial score (nSPS) is 19.4. The molecule has 1 heterocycles. The average Bonchev–Trinajstić information content (AvgIpc) is 2.29. The molecule has 1 aromatic rings. The first kappa shape index (κ1) is 12.7. The van der Waals surface area contributed by atoms with Gasteiger partial charge in [-0.1, -0.05) is 11.6 Å². The second kappa shape index (κ2) is 4.84. The van der Waals surface area contributed by atoms with Crippen LogP contribution >= 0.6 is 11.6 Å². The van der Waals surface area contributed by atoms with E-state index in [1.807, 2.05) is 18.2 Å². The van der Waals surface area contributed by atoms with Gasteiger partial charge in [-0.25, -0.2) is 0 Å². The van der Waals surface area contributed by atoms with Crippen LogP contribution in [-0.2, 0) is 11.3 Å². The van der Waals surface area contributed by atoms with Crippen molar-refractivity contribution in [1.82, 2.24) is 0 Å². The van der Waals surface area contributed by atoms with E-state index in [0.29, 0.717) is 11.6 Å². The van der Waals surface area contributed by atoms with Crippen molar-refractivity contribution >= 4 is 17.3 Å². The van der Waals surface area contributed by atoms with Crippen LogP contribution in [0.1, 0.15) is 19.4 Å². The maximum absolute atomic E-state index is 9.43. The molecule has 3 nitrogen and oxygen atoms in total. The Bertz CT molecular complexity index is 406. The van der Waals surface area contributed by atoms with E-state index in [1.165, 1.54) is 0 Å². The highest BCUT2D eigenvalue weighted by atomic mass is 35.5. The molecule has 0 bridgehead atoms. The third-order valence-corrected chi connectivity index (χ3v) is 3.38. The van der Waals surface area contributed by atoms with Crippen molar-refractivity contribution in [2.45, 2.75) is 26.0 Å². The molecule has 0 aromatic heterocycles. The predicted octanol–water partition coefficient (Wildman–Crippen LogP) is 2.45. The Balaban J connectivity index is 2.38. The van der Waals surface area contributed by atoms with Gasteiger partial charge in [0.1, 0.15) is 0 Å². The third-order valence-electron chi connectivity index (χ3n) is 3.15. The van der Waals surface area contributed by atoms with Crippen LogP contribution in [0.4, 0.5) is 5.69 Å². The monoisotopic (exact) mass is 255 g/mol. The lowest BCUT2D eigenvalue weighted by atomic mass is 10.00. The van der Waals surface area contributed by atoms with Crippen LogP contribution in [0.2, 0.25) is 5.02 Å². The van der Waals surface area contributed by atoms with E-state index >= 15 is 0 Å². The lowest BCUT2D eigenvalue weighted by molar-refractivity contribution is 0.0641. The van der Waals surface area contributed by atoms with Crippen LogP contribution in [0.15, 0.2) is 18.2 Å². The number of aliphatic hydroxyl groups excluding tert-OH is 1. The molecular formula is C13H18ClNO2. The summed E-state index contributed by atoms with van der Waals surface area (Å²) in [6.45, 7) is 6.53. The Labute approximate surface area is 107 Å². The minimum atomic E-state index is -0.0595. The summed E-state index contributed by atoms with van der Waals surface area (Å²) in [5.41, 5.74) is 1.85. The molecule has 0 spiro atoms. The number of hydrogen-bond acceptors (Lipinski definition) is 3. The smallest absolute Gasteiger partial charge is 0.0702 e. The molecule has 2 rings (SSSR count). The minimum Gasteiger partial charge on any atom is -0.392 e. The van der Waals surface area contributed by atoms with Crippen molar-refractivity contribution in [2.75, 3.05) is 24.7 Å². The summed E-state index contributed by atoms with van der Waals surface area (Å²) in [4.78, 5) is 2.28. The number of anilines is 1. The van der Waals surface area contributed by atoms with Crippen LogP contribution < -0.4 is 4.90 Å². The Morgan fingerprint density at radius 3 is 2.88 bits per heavy atom. The number of benzene rings is 1. The van der Waals surface area contributed by atoms with E-state index in [4.69, 9.17) is 16.3 Å². The lowest BCUT2D eigenvalue weighted by Gasteiger charge is -2.44. The standard InChI is InChI=1S/C13H18ClNO2/c1-13(2)9-17-6-5-15(13)12-4-3-11(14)7-10(12)8-16/h3-4,7,16H,5-6,8-9H2,1-2H3. The highest BCUT2D eigenvalue weighted by molar-refractivity contribution is 6.30. The fourth-order valence-corrected chi connectivity index (χ4v) is 2.44. The Morgan fingerprint density at radius 1 is 1.47 bits per heavy atom. The van der Waals surface area contributed by atoms with Crippen molar-refractivity contribution in [1.29, 1.82) is 0 Å². The number of aliphatic hydroxyl groups is 1. The molecule has 17 heavy (non-hydrogen) atoms. The van der Waals surface area contributed by atoms with Gasteiger partial charge in [-0.3, -0.25) is 0 Å². The molecule has 0 atom stereocenters. The zero-order valence-corrected chi connectivity index (χ0v) is 11.0. The molecule has 94 valence electrons. The maximum Gasteiger partial charge on any atom is 0.0702 e. The molecule has 0 unspecified atom stereocenters. The van der Waals surface area contributed by atoms with Crippen LogP contribution in [0, 0.1) is 0 Å². The molecule has 0 saturated carbocycles. The van der Waals surface area contributed by atoms with Gasteiger partial charge in [0.25, 0.3) is 0 Å². The summed E-state index contributed by atoms with van der Waals surface area (Å²) in [7, 11) is 0. The molecule has 0 amide bonds. The SMILES string of the molecule is CC1(C)COCCN1c1ccc(Cl)cc1CO. The first-order valence-electron chi connectivity index (χ1n) is 5.79. The number of halogens is 1. The molecule has 1 fully saturated rings. The number of morpholine rings is 1. The van der Waals surface area contributed by atoms with Crippen LogP contribution in [0.3, 0.4) is 0 Å². The van der Waals surface area contributed by atoms with Gasteiger partial charge in [0.15, 0.2) is 0 Å². The summed E-state index contributed by atoms with van der Waals surface area (Å²) in [5, 5.41) is 10.1. The largest absolute Gasteiger partial charge is 0.392 e. The highest BCUT2D eigenvalue weighted by Crippen LogP contribution is 2.31. The second-order valence-electron chi connectivity index (χ2n) is 4.95. The van der Waals surface area contributed by atoms with E-state index in [-0.39, 0.29) is 12.1 Å². The topological polar surface area (TPSA) is 32.7 Å². The first-order chi connectivity index (χ1) is 8.04. The van der Waals surface area contributed by atoms with Crippen molar-refractivity contribution in [2.24, 2.45) is 0 Å². The molecule has 4 heteroatoms. The number of hydrogen-bond donors (Lipinski definition) is 1. The van der Waals surface area contributed by atoms with Gasteiger partial charge in [0.2, 0.25) is 0 Å². The molecule has 1 saturated heterocycles. The molecule has 1 aromatic carbocycles. The molecular weight excluding hydrogens is 238 g/mol. The molecule has 1 N–H and O–H groups in total. The van der Waals surface area contributed by atoms with Crippen LogP contribution in [0.5, 0.6) is 0 Å². The number of nitrogens with zero attached hydrogens (tertiary/aromatic N) is 1. The average molecular weight is 256 g/mol. The summed E-state index contributed by atoms with van der Waals surface area (Å²) >= 11 is 5.95. The zero-order valence-electron chi connectivity index (χ0n) is 10.2. The second-order valence-corrected chi connectivity index (χ2v) is 5.38. The van der Waals surface area contributed by atoms with Crippen molar-refractivity contribution in [3.63, 3.8) is 0 Å². The Hall–Kier alpha value is -0.770.